The molecule has 0 aromatic heterocycles. The van der Waals surface area contributed by atoms with Gasteiger partial charge in [-0.1, -0.05) is 50.1 Å². The Bertz CT molecular complexity index is 294. The Morgan fingerprint density at radius 1 is 1.12 bits per heavy atom. The summed E-state index contributed by atoms with van der Waals surface area (Å²) < 4.78 is 0. The summed E-state index contributed by atoms with van der Waals surface area (Å²) in [4.78, 5) is 0. The van der Waals surface area contributed by atoms with Crippen LogP contribution in [0.25, 0.3) is 0 Å². The number of hydrogen-bond acceptors (Lipinski definition) is 1. The third-order valence-electron chi connectivity index (χ3n) is 3.77. The van der Waals surface area contributed by atoms with E-state index in [0.717, 1.165) is 24.9 Å². The van der Waals surface area contributed by atoms with E-state index in [4.69, 9.17) is 0 Å². The molecule has 0 heterocycles. The standard InChI is InChI=1S/C15H23N/c1-13-7-5-6-10-15(13)16-12-11-14-8-3-2-4-9-14/h2-4,8-9,13,15-16H,5-7,10-12H2,1H3/t13-,15?/m1/s1. The lowest BCUT2D eigenvalue weighted by Crippen LogP contribution is -2.38. The fraction of sp³-hybridized carbons (Fsp3) is 0.600. The molecule has 1 fully saturated rings. The molecule has 16 heavy (non-hydrogen) atoms. The van der Waals surface area contributed by atoms with Crippen LogP contribution >= 0.6 is 0 Å². The van der Waals surface area contributed by atoms with Crippen molar-refractivity contribution in [3.8, 4) is 0 Å². The predicted octanol–water partition coefficient (Wildman–Crippen LogP) is 3.40. The van der Waals surface area contributed by atoms with Gasteiger partial charge in [0, 0.05) is 6.04 Å². The van der Waals surface area contributed by atoms with Crippen molar-refractivity contribution >= 4 is 0 Å². The molecule has 1 unspecified atom stereocenters. The molecule has 1 heteroatoms. The van der Waals surface area contributed by atoms with Crippen molar-refractivity contribution < 1.29 is 0 Å². The molecule has 2 atom stereocenters. The summed E-state index contributed by atoms with van der Waals surface area (Å²) in [6, 6.07) is 11.5. The highest BCUT2D eigenvalue weighted by Gasteiger charge is 2.19. The molecule has 1 aromatic rings. The van der Waals surface area contributed by atoms with Crippen LogP contribution in [0, 0.1) is 5.92 Å². The molecule has 88 valence electrons. The van der Waals surface area contributed by atoms with Crippen LogP contribution in [0.15, 0.2) is 30.3 Å². The molecule has 0 amide bonds. The monoisotopic (exact) mass is 217 g/mol. The second-order valence-electron chi connectivity index (χ2n) is 5.06. The maximum atomic E-state index is 3.72. The van der Waals surface area contributed by atoms with Gasteiger partial charge < -0.3 is 5.32 Å². The molecule has 1 aliphatic rings. The molecule has 1 N–H and O–H groups in total. The van der Waals surface area contributed by atoms with Crippen LogP contribution in [0.1, 0.15) is 38.2 Å². The Kier molecular flexibility index (Phi) is 4.41. The van der Waals surface area contributed by atoms with Crippen molar-refractivity contribution in [2.24, 2.45) is 5.92 Å². The number of nitrogens with one attached hydrogen (secondary N) is 1. The first kappa shape index (κ1) is 11.7. The summed E-state index contributed by atoms with van der Waals surface area (Å²) in [5.74, 6) is 0.865. The SMILES string of the molecule is C[C@@H]1CCCCC1NCCc1ccccc1. The Hall–Kier alpha value is -0.820. The first-order chi connectivity index (χ1) is 7.86. The first-order valence-corrected chi connectivity index (χ1v) is 6.63. The number of hydrogen-bond donors (Lipinski definition) is 1. The van der Waals surface area contributed by atoms with Crippen LogP contribution in [-0.2, 0) is 6.42 Å². The third kappa shape index (κ3) is 3.34. The highest BCUT2D eigenvalue weighted by molar-refractivity contribution is 5.14. The fourth-order valence-corrected chi connectivity index (χ4v) is 2.67. The summed E-state index contributed by atoms with van der Waals surface area (Å²) in [6.07, 6.45) is 6.77. The van der Waals surface area contributed by atoms with Crippen LogP contribution in [0.2, 0.25) is 0 Å². The summed E-state index contributed by atoms with van der Waals surface area (Å²) in [5.41, 5.74) is 1.44. The van der Waals surface area contributed by atoms with Crippen LogP contribution in [0.4, 0.5) is 0 Å². The van der Waals surface area contributed by atoms with E-state index < -0.39 is 0 Å². The smallest absolute Gasteiger partial charge is 0.00928 e. The largest absolute Gasteiger partial charge is 0.313 e. The molecule has 0 bridgehead atoms. The first-order valence-electron chi connectivity index (χ1n) is 6.63. The maximum absolute atomic E-state index is 3.72. The van der Waals surface area contributed by atoms with Crippen molar-refractivity contribution in [3.05, 3.63) is 35.9 Å². The molecule has 0 spiro atoms. The van der Waals surface area contributed by atoms with Gasteiger partial charge in [-0.15, -0.1) is 0 Å². The third-order valence-corrected chi connectivity index (χ3v) is 3.77. The summed E-state index contributed by atoms with van der Waals surface area (Å²) in [5, 5.41) is 3.72. The molecule has 0 radical (unpaired) electrons. The quantitative estimate of drug-likeness (QED) is 0.815. The second kappa shape index (κ2) is 6.05. The lowest BCUT2D eigenvalue weighted by molar-refractivity contribution is 0.282. The molecular formula is C15H23N. The van der Waals surface area contributed by atoms with E-state index in [1.165, 1.54) is 31.2 Å². The number of rotatable bonds is 4. The van der Waals surface area contributed by atoms with E-state index in [2.05, 4.69) is 42.6 Å². The summed E-state index contributed by atoms with van der Waals surface area (Å²) in [7, 11) is 0. The Morgan fingerprint density at radius 2 is 1.88 bits per heavy atom. The minimum absolute atomic E-state index is 0.762. The van der Waals surface area contributed by atoms with Crippen molar-refractivity contribution in [3.63, 3.8) is 0 Å². The van der Waals surface area contributed by atoms with Gasteiger partial charge in [-0.05, 0) is 37.3 Å². The molecule has 0 saturated heterocycles. The Labute approximate surface area is 99.3 Å². The molecule has 1 nitrogen and oxygen atoms in total. The van der Waals surface area contributed by atoms with Gasteiger partial charge >= 0.3 is 0 Å². The number of benzene rings is 1. The topological polar surface area (TPSA) is 12.0 Å². The van der Waals surface area contributed by atoms with Crippen molar-refractivity contribution in [1.29, 1.82) is 0 Å². The van der Waals surface area contributed by atoms with Gasteiger partial charge in [-0.3, -0.25) is 0 Å². The highest BCUT2D eigenvalue weighted by atomic mass is 14.9. The van der Waals surface area contributed by atoms with Gasteiger partial charge in [0.25, 0.3) is 0 Å². The van der Waals surface area contributed by atoms with E-state index in [1.807, 2.05) is 0 Å². The summed E-state index contributed by atoms with van der Waals surface area (Å²) >= 11 is 0. The van der Waals surface area contributed by atoms with Gasteiger partial charge in [0.1, 0.15) is 0 Å². The molecule has 2 rings (SSSR count). The maximum Gasteiger partial charge on any atom is 0.00928 e. The lowest BCUT2D eigenvalue weighted by atomic mass is 9.86. The van der Waals surface area contributed by atoms with E-state index in [-0.39, 0.29) is 0 Å². The van der Waals surface area contributed by atoms with Gasteiger partial charge in [0.05, 0.1) is 0 Å². The fourth-order valence-electron chi connectivity index (χ4n) is 2.67. The molecule has 1 saturated carbocycles. The summed E-state index contributed by atoms with van der Waals surface area (Å²) in [6.45, 7) is 3.51. The normalized spacial score (nSPS) is 25.6. The van der Waals surface area contributed by atoms with Crippen LogP contribution in [0.5, 0.6) is 0 Å². The second-order valence-corrected chi connectivity index (χ2v) is 5.06. The molecule has 0 aliphatic heterocycles. The molecule has 1 aromatic carbocycles. The zero-order valence-electron chi connectivity index (χ0n) is 10.3. The van der Waals surface area contributed by atoms with E-state index >= 15 is 0 Å². The minimum atomic E-state index is 0.762. The van der Waals surface area contributed by atoms with Gasteiger partial charge in [0.2, 0.25) is 0 Å². The van der Waals surface area contributed by atoms with E-state index in [0.29, 0.717) is 0 Å². The predicted molar refractivity (Wildman–Crippen MR) is 69.6 cm³/mol. The lowest BCUT2D eigenvalue weighted by Gasteiger charge is -2.29. The van der Waals surface area contributed by atoms with Gasteiger partial charge in [-0.25, -0.2) is 0 Å². The van der Waals surface area contributed by atoms with Crippen molar-refractivity contribution in [2.75, 3.05) is 6.54 Å². The van der Waals surface area contributed by atoms with Crippen LogP contribution < -0.4 is 5.32 Å². The average Bonchev–Trinajstić information content (AvgIpc) is 2.33. The van der Waals surface area contributed by atoms with Crippen molar-refractivity contribution in [2.45, 2.75) is 45.1 Å². The molecular weight excluding hydrogens is 194 g/mol. The minimum Gasteiger partial charge on any atom is -0.313 e. The average molecular weight is 217 g/mol. The molecule has 1 aliphatic carbocycles. The Morgan fingerprint density at radius 3 is 2.62 bits per heavy atom. The van der Waals surface area contributed by atoms with Gasteiger partial charge in [-0.2, -0.15) is 0 Å². The highest BCUT2D eigenvalue weighted by Crippen LogP contribution is 2.23. The van der Waals surface area contributed by atoms with Crippen molar-refractivity contribution in [1.82, 2.24) is 5.32 Å². The zero-order chi connectivity index (χ0) is 11.2. The van der Waals surface area contributed by atoms with Crippen LogP contribution in [0.3, 0.4) is 0 Å². The van der Waals surface area contributed by atoms with Gasteiger partial charge in [0.15, 0.2) is 0 Å². The van der Waals surface area contributed by atoms with E-state index in [9.17, 15) is 0 Å². The van der Waals surface area contributed by atoms with E-state index in [1.54, 1.807) is 0 Å². The zero-order valence-corrected chi connectivity index (χ0v) is 10.3. The Balaban J connectivity index is 1.71. The van der Waals surface area contributed by atoms with Crippen LogP contribution in [-0.4, -0.2) is 12.6 Å².